The number of anilines is 1. The minimum atomic E-state index is 0.805. The number of rotatable bonds is 1. The highest BCUT2D eigenvalue weighted by Gasteiger charge is 1.94. The summed E-state index contributed by atoms with van der Waals surface area (Å²) in [5, 5.41) is 0. The van der Waals surface area contributed by atoms with Crippen molar-refractivity contribution in [1.29, 1.82) is 0 Å². The molecule has 0 aromatic heterocycles. The molecule has 2 N–H and O–H groups in total. The summed E-state index contributed by atoms with van der Waals surface area (Å²) in [4.78, 5) is 0. The Balaban J connectivity index is 0.000000531. The highest BCUT2D eigenvalue weighted by atomic mass is 14.5. The third kappa shape index (κ3) is 3.13. The summed E-state index contributed by atoms with van der Waals surface area (Å²) < 4.78 is 0. The van der Waals surface area contributed by atoms with Gasteiger partial charge in [0.15, 0.2) is 0 Å². The normalized spacial score (nSPS) is 8.93. The second-order valence-electron chi connectivity index (χ2n) is 2.99. The van der Waals surface area contributed by atoms with Crippen molar-refractivity contribution >= 4 is 5.69 Å². The van der Waals surface area contributed by atoms with Crippen molar-refractivity contribution in [2.45, 2.75) is 13.8 Å². The Hall–Kier alpha value is -1.76. The lowest BCUT2D eigenvalue weighted by molar-refractivity contribution is 1.50. The topological polar surface area (TPSA) is 26.0 Å². The summed E-state index contributed by atoms with van der Waals surface area (Å²) >= 11 is 0. The largest absolute Gasteiger partial charge is 0.399 e. The summed E-state index contributed by atoms with van der Waals surface area (Å²) in [5.74, 6) is 0. The molecule has 0 saturated carbocycles. The lowest BCUT2D eigenvalue weighted by atomic mass is 10.1. The van der Waals surface area contributed by atoms with Crippen LogP contribution in [0.15, 0.2) is 54.6 Å². The molecule has 1 heteroatoms. The molecule has 0 aliphatic rings. The molecule has 0 unspecified atom stereocenters. The molecule has 0 aliphatic carbocycles. The van der Waals surface area contributed by atoms with Crippen molar-refractivity contribution in [3.05, 3.63) is 54.6 Å². The van der Waals surface area contributed by atoms with Crippen molar-refractivity contribution in [3.8, 4) is 11.1 Å². The number of hydrogen-bond acceptors (Lipinski definition) is 1. The van der Waals surface area contributed by atoms with Gasteiger partial charge in [0, 0.05) is 5.69 Å². The van der Waals surface area contributed by atoms with E-state index in [9.17, 15) is 0 Å². The Morgan fingerprint density at radius 3 is 1.67 bits per heavy atom. The average Bonchev–Trinajstić information content (AvgIpc) is 2.34. The predicted octanol–water partition coefficient (Wildman–Crippen LogP) is 3.96. The molecule has 0 aliphatic heterocycles. The standard InChI is InChI=1S/C12H11N.C2H6/c13-12-8-6-11(7-9-12)10-4-2-1-3-5-10;1-2/h1-9H,13H2;1-2H3. The molecule has 2 rings (SSSR count). The van der Waals surface area contributed by atoms with E-state index in [1.54, 1.807) is 0 Å². The number of nitrogens with two attached hydrogens (primary N) is 1. The molecular formula is C14H17N. The van der Waals surface area contributed by atoms with Crippen molar-refractivity contribution in [2.75, 3.05) is 5.73 Å². The van der Waals surface area contributed by atoms with E-state index in [2.05, 4.69) is 12.1 Å². The zero-order chi connectivity index (χ0) is 11.1. The molecule has 1 nitrogen and oxygen atoms in total. The molecule has 0 heterocycles. The fourth-order valence-corrected chi connectivity index (χ4v) is 1.31. The summed E-state index contributed by atoms with van der Waals surface area (Å²) in [7, 11) is 0. The van der Waals surface area contributed by atoms with Gasteiger partial charge in [-0.15, -0.1) is 0 Å². The third-order valence-corrected chi connectivity index (χ3v) is 2.02. The van der Waals surface area contributed by atoms with E-state index in [0.29, 0.717) is 0 Å². The van der Waals surface area contributed by atoms with Crippen LogP contribution in [0.1, 0.15) is 13.8 Å². The summed E-state index contributed by atoms with van der Waals surface area (Å²) in [6.45, 7) is 4.00. The highest BCUT2D eigenvalue weighted by molar-refractivity contribution is 5.65. The van der Waals surface area contributed by atoms with Gasteiger partial charge in [0.05, 0.1) is 0 Å². The van der Waals surface area contributed by atoms with Gasteiger partial charge in [-0.25, -0.2) is 0 Å². The molecular weight excluding hydrogens is 182 g/mol. The second kappa shape index (κ2) is 5.86. The lowest BCUT2D eigenvalue weighted by Gasteiger charge is -2.00. The Morgan fingerprint density at radius 1 is 0.667 bits per heavy atom. The first kappa shape index (κ1) is 11.3. The van der Waals surface area contributed by atoms with Crippen LogP contribution >= 0.6 is 0 Å². The minimum absolute atomic E-state index is 0.805. The molecule has 0 atom stereocenters. The quantitative estimate of drug-likeness (QED) is 0.691. The minimum Gasteiger partial charge on any atom is -0.399 e. The van der Waals surface area contributed by atoms with Gasteiger partial charge >= 0.3 is 0 Å². The van der Waals surface area contributed by atoms with Gasteiger partial charge in [-0.3, -0.25) is 0 Å². The molecule has 78 valence electrons. The summed E-state index contributed by atoms with van der Waals surface area (Å²) in [6, 6.07) is 18.2. The molecule has 15 heavy (non-hydrogen) atoms. The fourth-order valence-electron chi connectivity index (χ4n) is 1.31. The fraction of sp³-hybridized carbons (Fsp3) is 0.143. The Bertz CT molecular complexity index is 376. The number of hydrogen-bond donors (Lipinski definition) is 1. The van der Waals surface area contributed by atoms with E-state index in [-0.39, 0.29) is 0 Å². The van der Waals surface area contributed by atoms with Gasteiger partial charge in [0.1, 0.15) is 0 Å². The molecule has 0 fully saturated rings. The van der Waals surface area contributed by atoms with Crippen molar-refractivity contribution in [2.24, 2.45) is 0 Å². The van der Waals surface area contributed by atoms with Crippen molar-refractivity contribution in [1.82, 2.24) is 0 Å². The average molecular weight is 199 g/mol. The van der Waals surface area contributed by atoms with Crippen LogP contribution in [0.25, 0.3) is 11.1 Å². The lowest BCUT2D eigenvalue weighted by Crippen LogP contribution is -1.83. The molecule has 0 radical (unpaired) electrons. The van der Waals surface area contributed by atoms with E-state index < -0.39 is 0 Å². The van der Waals surface area contributed by atoms with E-state index in [1.165, 1.54) is 11.1 Å². The van der Waals surface area contributed by atoms with Crippen LogP contribution in [0.3, 0.4) is 0 Å². The summed E-state index contributed by atoms with van der Waals surface area (Å²) in [6.07, 6.45) is 0. The molecule has 2 aromatic rings. The Morgan fingerprint density at radius 2 is 1.13 bits per heavy atom. The molecule has 0 spiro atoms. The van der Waals surface area contributed by atoms with Crippen LogP contribution < -0.4 is 5.73 Å². The van der Waals surface area contributed by atoms with Crippen LogP contribution in [0.4, 0.5) is 5.69 Å². The monoisotopic (exact) mass is 199 g/mol. The van der Waals surface area contributed by atoms with Gasteiger partial charge in [0.25, 0.3) is 0 Å². The highest BCUT2D eigenvalue weighted by Crippen LogP contribution is 2.19. The maximum Gasteiger partial charge on any atom is 0.0314 e. The van der Waals surface area contributed by atoms with Gasteiger partial charge in [-0.05, 0) is 23.3 Å². The zero-order valence-corrected chi connectivity index (χ0v) is 9.27. The van der Waals surface area contributed by atoms with Gasteiger partial charge in [0.2, 0.25) is 0 Å². The van der Waals surface area contributed by atoms with E-state index in [0.717, 1.165) is 5.69 Å². The first-order valence-electron chi connectivity index (χ1n) is 5.27. The maximum atomic E-state index is 5.60. The zero-order valence-electron chi connectivity index (χ0n) is 9.27. The second-order valence-corrected chi connectivity index (χ2v) is 2.99. The Kier molecular flexibility index (Phi) is 4.42. The molecule has 2 aromatic carbocycles. The van der Waals surface area contributed by atoms with Crippen molar-refractivity contribution in [3.63, 3.8) is 0 Å². The van der Waals surface area contributed by atoms with E-state index in [4.69, 9.17) is 5.73 Å². The first-order valence-corrected chi connectivity index (χ1v) is 5.27. The van der Waals surface area contributed by atoms with Gasteiger partial charge in [-0.1, -0.05) is 56.3 Å². The van der Waals surface area contributed by atoms with Crippen LogP contribution in [0.2, 0.25) is 0 Å². The molecule has 0 saturated heterocycles. The molecule has 0 bridgehead atoms. The van der Waals surface area contributed by atoms with E-state index >= 15 is 0 Å². The van der Waals surface area contributed by atoms with E-state index in [1.807, 2.05) is 56.3 Å². The SMILES string of the molecule is CC.Nc1ccc(-c2ccccc2)cc1. The number of benzene rings is 2. The van der Waals surface area contributed by atoms with Crippen LogP contribution in [0, 0.1) is 0 Å². The summed E-state index contributed by atoms with van der Waals surface area (Å²) in [5.41, 5.74) is 8.84. The first-order chi connectivity index (χ1) is 7.36. The smallest absolute Gasteiger partial charge is 0.0314 e. The van der Waals surface area contributed by atoms with Crippen LogP contribution in [0.5, 0.6) is 0 Å². The predicted molar refractivity (Wildman–Crippen MR) is 67.6 cm³/mol. The van der Waals surface area contributed by atoms with Crippen LogP contribution in [-0.2, 0) is 0 Å². The Labute approximate surface area is 91.6 Å². The molecule has 0 amide bonds. The third-order valence-electron chi connectivity index (χ3n) is 2.02. The van der Waals surface area contributed by atoms with Gasteiger partial charge < -0.3 is 5.73 Å². The maximum absolute atomic E-state index is 5.60. The van der Waals surface area contributed by atoms with Gasteiger partial charge in [-0.2, -0.15) is 0 Å². The van der Waals surface area contributed by atoms with Crippen LogP contribution in [-0.4, -0.2) is 0 Å². The van der Waals surface area contributed by atoms with Crippen molar-refractivity contribution < 1.29 is 0 Å². The number of nitrogen functional groups attached to an aromatic ring is 1.